The highest BCUT2D eigenvalue weighted by Crippen LogP contribution is 2.20. The summed E-state index contributed by atoms with van der Waals surface area (Å²) in [5.74, 6) is 0.162. The molecular weight excluding hydrogens is 320 g/mol. The number of carbonyl (C=O) groups excluding carboxylic acids is 1. The van der Waals surface area contributed by atoms with E-state index < -0.39 is 0 Å². The molecule has 24 heavy (non-hydrogen) atoms. The number of hydrogen-bond donors (Lipinski definition) is 1. The van der Waals surface area contributed by atoms with E-state index in [0.717, 1.165) is 23.9 Å². The van der Waals surface area contributed by atoms with E-state index >= 15 is 0 Å². The number of hydrogen-bond acceptors (Lipinski definition) is 1. The fraction of sp³-hybridized carbons (Fsp3) is 0.250. The number of aromatic amines is 1. The van der Waals surface area contributed by atoms with E-state index in [0.29, 0.717) is 18.0 Å². The Morgan fingerprint density at radius 3 is 2.83 bits per heavy atom. The van der Waals surface area contributed by atoms with Crippen LogP contribution in [-0.4, -0.2) is 22.8 Å². The second-order valence-electron chi connectivity index (χ2n) is 6.09. The molecule has 0 bridgehead atoms. The Morgan fingerprint density at radius 2 is 2.00 bits per heavy atom. The number of nitrogens with zero attached hydrogens (tertiary/aromatic N) is 1. The summed E-state index contributed by atoms with van der Waals surface area (Å²) in [4.78, 5) is 17.4. The molecule has 0 saturated carbocycles. The van der Waals surface area contributed by atoms with Crippen molar-refractivity contribution in [2.75, 3.05) is 7.05 Å². The van der Waals surface area contributed by atoms with Crippen molar-refractivity contribution in [3.8, 4) is 0 Å². The van der Waals surface area contributed by atoms with Crippen LogP contribution in [-0.2, 0) is 17.8 Å². The molecule has 1 aromatic heterocycles. The van der Waals surface area contributed by atoms with Crippen molar-refractivity contribution in [2.45, 2.75) is 25.8 Å². The van der Waals surface area contributed by atoms with Crippen LogP contribution in [0.3, 0.4) is 0 Å². The summed E-state index contributed by atoms with van der Waals surface area (Å²) in [6.07, 6.45) is 4.35. The largest absolute Gasteiger partial charge is 0.361 e. The third-order valence-electron chi connectivity index (χ3n) is 4.25. The topological polar surface area (TPSA) is 36.1 Å². The van der Waals surface area contributed by atoms with Gasteiger partial charge in [0.15, 0.2) is 0 Å². The molecule has 0 unspecified atom stereocenters. The summed E-state index contributed by atoms with van der Waals surface area (Å²) in [5, 5.41) is 1.95. The van der Waals surface area contributed by atoms with Crippen LogP contribution in [0.25, 0.3) is 10.9 Å². The lowest BCUT2D eigenvalue weighted by atomic mass is 10.1. The van der Waals surface area contributed by atoms with E-state index in [4.69, 9.17) is 11.6 Å². The molecule has 3 aromatic rings. The summed E-state index contributed by atoms with van der Waals surface area (Å²) in [6.45, 7) is 0.590. The maximum absolute atomic E-state index is 12.3. The van der Waals surface area contributed by atoms with Gasteiger partial charge in [-0.25, -0.2) is 0 Å². The molecule has 124 valence electrons. The second kappa shape index (κ2) is 7.54. The molecule has 0 radical (unpaired) electrons. The van der Waals surface area contributed by atoms with Gasteiger partial charge in [-0.1, -0.05) is 41.9 Å². The number of fused-ring (bicyclic) bond motifs is 1. The summed E-state index contributed by atoms with van der Waals surface area (Å²) in [7, 11) is 1.84. The first-order valence-electron chi connectivity index (χ1n) is 8.17. The zero-order valence-corrected chi connectivity index (χ0v) is 14.5. The van der Waals surface area contributed by atoms with Gasteiger partial charge < -0.3 is 9.88 Å². The minimum absolute atomic E-state index is 0.162. The quantitative estimate of drug-likeness (QED) is 0.687. The molecule has 3 nitrogen and oxygen atoms in total. The maximum Gasteiger partial charge on any atom is 0.222 e. The number of aryl methyl sites for hydroxylation is 1. The van der Waals surface area contributed by atoms with Crippen molar-refractivity contribution in [3.63, 3.8) is 0 Å². The predicted molar refractivity (Wildman–Crippen MR) is 99.2 cm³/mol. The Morgan fingerprint density at radius 1 is 1.17 bits per heavy atom. The lowest BCUT2D eigenvalue weighted by Gasteiger charge is -2.17. The highest BCUT2D eigenvalue weighted by atomic mass is 35.5. The first-order valence-corrected chi connectivity index (χ1v) is 8.54. The second-order valence-corrected chi connectivity index (χ2v) is 6.53. The molecule has 0 aliphatic rings. The molecule has 3 rings (SSSR count). The lowest BCUT2D eigenvalue weighted by molar-refractivity contribution is -0.130. The van der Waals surface area contributed by atoms with E-state index in [2.05, 4.69) is 17.1 Å². The van der Waals surface area contributed by atoms with Gasteiger partial charge in [0, 0.05) is 42.1 Å². The zero-order valence-electron chi connectivity index (χ0n) is 13.8. The molecule has 2 aromatic carbocycles. The van der Waals surface area contributed by atoms with Gasteiger partial charge in [0.05, 0.1) is 0 Å². The SMILES string of the molecule is CN(Cc1cccc(Cl)c1)C(=O)CCCc1c[nH]c2ccccc12. The molecule has 0 fully saturated rings. The van der Waals surface area contributed by atoms with Gasteiger partial charge in [-0.2, -0.15) is 0 Å². The lowest BCUT2D eigenvalue weighted by Crippen LogP contribution is -2.25. The van der Waals surface area contributed by atoms with Crippen LogP contribution in [0.15, 0.2) is 54.7 Å². The highest BCUT2D eigenvalue weighted by molar-refractivity contribution is 6.30. The first-order chi connectivity index (χ1) is 11.6. The van der Waals surface area contributed by atoms with Crippen LogP contribution < -0.4 is 0 Å². The number of aromatic nitrogens is 1. The Labute approximate surface area is 147 Å². The third kappa shape index (κ3) is 3.98. The van der Waals surface area contributed by atoms with Crippen LogP contribution in [0.4, 0.5) is 0 Å². The molecule has 1 amide bonds. The Balaban J connectivity index is 1.51. The van der Waals surface area contributed by atoms with E-state index in [1.807, 2.05) is 49.6 Å². The van der Waals surface area contributed by atoms with Gasteiger partial charge in [-0.3, -0.25) is 4.79 Å². The predicted octanol–water partition coefficient (Wildman–Crippen LogP) is 4.80. The molecule has 1 N–H and O–H groups in total. The number of nitrogens with one attached hydrogen (secondary N) is 1. The number of amides is 1. The molecule has 0 aliphatic carbocycles. The minimum Gasteiger partial charge on any atom is -0.361 e. The maximum atomic E-state index is 12.3. The van der Waals surface area contributed by atoms with E-state index in [9.17, 15) is 4.79 Å². The number of H-pyrrole nitrogens is 1. The Kier molecular flexibility index (Phi) is 5.21. The van der Waals surface area contributed by atoms with Crippen LogP contribution >= 0.6 is 11.6 Å². The summed E-state index contributed by atoms with van der Waals surface area (Å²) >= 11 is 5.99. The first kappa shape index (κ1) is 16.6. The average molecular weight is 341 g/mol. The van der Waals surface area contributed by atoms with Crippen LogP contribution in [0.2, 0.25) is 5.02 Å². The number of rotatable bonds is 6. The van der Waals surface area contributed by atoms with Crippen molar-refractivity contribution in [3.05, 3.63) is 70.9 Å². The van der Waals surface area contributed by atoms with Crippen LogP contribution in [0.1, 0.15) is 24.0 Å². The third-order valence-corrected chi connectivity index (χ3v) is 4.48. The minimum atomic E-state index is 0.162. The van der Waals surface area contributed by atoms with Crippen LogP contribution in [0, 0.1) is 0 Å². The van der Waals surface area contributed by atoms with Crippen molar-refractivity contribution in [1.29, 1.82) is 0 Å². The monoisotopic (exact) mass is 340 g/mol. The smallest absolute Gasteiger partial charge is 0.222 e. The molecule has 0 atom stereocenters. The van der Waals surface area contributed by atoms with Crippen molar-refractivity contribution < 1.29 is 4.79 Å². The fourth-order valence-electron chi connectivity index (χ4n) is 2.96. The zero-order chi connectivity index (χ0) is 16.9. The standard InChI is InChI=1S/C20H21ClN2O/c1-23(14-15-6-4-8-17(21)12-15)20(24)11-5-7-16-13-22-19-10-3-2-9-18(16)19/h2-4,6,8-10,12-13,22H,5,7,11,14H2,1H3. The number of carbonyl (C=O) groups is 1. The van der Waals surface area contributed by atoms with E-state index in [1.165, 1.54) is 10.9 Å². The fourth-order valence-corrected chi connectivity index (χ4v) is 3.17. The highest BCUT2D eigenvalue weighted by Gasteiger charge is 2.10. The summed E-state index contributed by atoms with van der Waals surface area (Å²) < 4.78 is 0. The molecule has 0 saturated heterocycles. The normalized spacial score (nSPS) is 10.9. The van der Waals surface area contributed by atoms with Crippen molar-refractivity contribution >= 4 is 28.4 Å². The molecule has 0 spiro atoms. The number of para-hydroxylation sites is 1. The molecule has 4 heteroatoms. The van der Waals surface area contributed by atoms with Crippen molar-refractivity contribution in [2.24, 2.45) is 0 Å². The summed E-state index contributed by atoms with van der Waals surface area (Å²) in [6, 6.07) is 15.9. The van der Waals surface area contributed by atoms with E-state index in [1.54, 1.807) is 4.90 Å². The van der Waals surface area contributed by atoms with Crippen LogP contribution in [0.5, 0.6) is 0 Å². The average Bonchev–Trinajstić information content (AvgIpc) is 2.98. The van der Waals surface area contributed by atoms with E-state index in [-0.39, 0.29) is 5.91 Å². The van der Waals surface area contributed by atoms with Gasteiger partial charge in [0.2, 0.25) is 5.91 Å². The summed E-state index contributed by atoms with van der Waals surface area (Å²) in [5.41, 5.74) is 3.47. The Hall–Kier alpha value is -2.26. The Bertz CT molecular complexity index is 840. The van der Waals surface area contributed by atoms with Gasteiger partial charge in [0.25, 0.3) is 0 Å². The van der Waals surface area contributed by atoms with Gasteiger partial charge in [-0.15, -0.1) is 0 Å². The van der Waals surface area contributed by atoms with Gasteiger partial charge in [0.1, 0.15) is 0 Å². The van der Waals surface area contributed by atoms with Crippen molar-refractivity contribution in [1.82, 2.24) is 9.88 Å². The molecule has 0 aliphatic heterocycles. The number of halogens is 1. The van der Waals surface area contributed by atoms with Gasteiger partial charge >= 0.3 is 0 Å². The number of benzene rings is 2. The molecule has 1 heterocycles. The molecular formula is C20H21ClN2O. The van der Waals surface area contributed by atoms with Gasteiger partial charge in [-0.05, 0) is 42.2 Å².